The Kier molecular flexibility index (Phi) is 4.80. The van der Waals surface area contributed by atoms with Crippen molar-refractivity contribution < 1.29 is 4.79 Å². The number of piperidine rings is 1. The zero-order valence-corrected chi connectivity index (χ0v) is 11.8. The molecule has 0 bridgehead atoms. The minimum Gasteiger partial charge on any atom is -0.385 e. The molecule has 4 heteroatoms. The summed E-state index contributed by atoms with van der Waals surface area (Å²) in [5.74, 6) is 0.694. The molecule has 0 spiro atoms. The Bertz CT molecular complexity index is 416. The van der Waals surface area contributed by atoms with Gasteiger partial charge in [-0.15, -0.1) is 0 Å². The first-order chi connectivity index (χ1) is 9.13. The second-order valence-electron chi connectivity index (χ2n) is 5.41. The molecule has 1 unspecified atom stereocenters. The highest BCUT2D eigenvalue weighted by molar-refractivity contribution is 5.88. The molecule has 1 aliphatic heterocycles. The van der Waals surface area contributed by atoms with Gasteiger partial charge in [-0.2, -0.15) is 0 Å². The largest absolute Gasteiger partial charge is 0.385 e. The van der Waals surface area contributed by atoms with Gasteiger partial charge >= 0.3 is 0 Å². The van der Waals surface area contributed by atoms with Crippen molar-refractivity contribution in [3.63, 3.8) is 0 Å². The topological polar surface area (TPSA) is 44.4 Å². The van der Waals surface area contributed by atoms with E-state index in [-0.39, 0.29) is 5.91 Å². The van der Waals surface area contributed by atoms with Gasteiger partial charge in [0.15, 0.2) is 0 Å². The van der Waals surface area contributed by atoms with Crippen LogP contribution in [0, 0.1) is 5.92 Å². The Labute approximate surface area is 115 Å². The Balaban J connectivity index is 1.81. The first-order valence-electron chi connectivity index (χ1n) is 6.93. The summed E-state index contributed by atoms with van der Waals surface area (Å²) in [5.41, 5.74) is 1.96. The van der Waals surface area contributed by atoms with Gasteiger partial charge in [-0.1, -0.05) is 0 Å². The Morgan fingerprint density at radius 1 is 1.32 bits per heavy atom. The quantitative estimate of drug-likeness (QED) is 0.874. The number of amides is 1. The smallest absolute Gasteiger partial charge is 0.221 e. The molecular formula is C15H23N3O. The Morgan fingerprint density at radius 2 is 2.00 bits per heavy atom. The lowest BCUT2D eigenvalue weighted by molar-refractivity contribution is -0.114. The zero-order valence-electron chi connectivity index (χ0n) is 11.8. The van der Waals surface area contributed by atoms with E-state index in [1.807, 2.05) is 24.3 Å². The molecule has 0 saturated carbocycles. The molecule has 1 saturated heterocycles. The van der Waals surface area contributed by atoms with Crippen LogP contribution in [0.1, 0.15) is 19.8 Å². The van der Waals surface area contributed by atoms with Crippen LogP contribution in [0.5, 0.6) is 0 Å². The van der Waals surface area contributed by atoms with E-state index in [1.165, 1.54) is 32.9 Å². The van der Waals surface area contributed by atoms with Crippen molar-refractivity contribution in [2.45, 2.75) is 19.8 Å². The summed E-state index contributed by atoms with van der Waals surface area (Å²) in [5, 5.41) is 6.25. The van der Waals surface area contributed by atoms with Crippen molar-refractivity contribution >= 4 is 17.3 Å². The van der Waals surface area contributed by atoms with Gasteiger partial charge in [-0.25, -0.2) is 0 Å². The van der Waals surface area contributed by atoms with Gasteiger partial charge in [0.2, 0.25) is 5.91 Å². The summed E-state index contributed by atoms with van der Waals surface area (Å²) in [6.45, 7) is 4.94. The van der Waals surface area contributed by atoms with Crippen LogP contribution in [-0.4, -0.2) is 37.5 Å². The summed E-state index contributed by atoms with van der Waals surface area (Å²) < 4.78 is 0. The molecule has 4 nitrogen and oxygen atoms in total. The average Bonchev–Trinajstić information content (AvgIpc) is 2.37. The monoisotopic (exact) mass is 261 g/mol. The number of nitrogens with one attached hydrogen (secondary N) is 2. The van der Waals surface area contributed by atoms with E-state index in [9.17, 15) is 4.79 Å². The molecule has 0 aliphatic carbocycles. The summed E-state index contributed by atoms with van der Waals surface area (Å²) in [4.78, 5) is 13.3. The van der Waals surface area contributed by atoms with Crippen LogP contribution in [0.3, 0.4) is 0 Å². The van der Waals surface area contributed by atoms with Gasteiger partial charge in [-0.05, 0) is 56.6 Å². The van der Waals surface area contributed by atoms with Gasteiger partial charge in [-0.3, -0.25) is 4.79 Å². The van der Waals surface area contributed by atoms with Crippen LogP contribution in [0.25, 0.3) is 0 Å². The molecule has 2 N–H and O–H groups in total. The van der Waals surface area contributed by atoms with Crippen LogP contribution in [-0.2, 0) is 4.79 Å². The minimum absolute atomic E-state index is 0.0362. The molecule has 0 aromatic heterocycles. The highest BCUT2D eigenvalue weighted by Crippen LogP contribution is 2.18. The van der Waals surface area contributed by atoms with E-state index in [0.717, 1.165) is 23.8 Å². The van der Waals surface area contributed by atoms with E-state index in [0.29, 0.717) is 0 Å². The maximum absolute atomic E-state index is 10.9. The summed E-state index contributed by atoms with van der Waals surface area (Å²) in [6, 6.07) is 7.88. The fraction of sp³-hybridized carbons (Fsp3) is 0.533. The number of hydrogen-bond donors (Lipinski definition) is 2. The number of hydrogen-bond acceptors (Lipinski definition) is 3. The Hall–Kier alpha value is -1.55. The second kappa shape index (κ2) is 6.57. The third kappa shape index (κ3) is 4.56. The predicted molar refractivity (Wildman–Crippen MR) is 79.5 cm³/mol. The fourth-order valence-electron chi connectivity index (χ4n) is 2.58. The van der Waals surface area contributed by atoms with Gasteiger partial charge in [0.25, 0.3) is 0 Å². The van der Waals surface area contributed by atoms with Crippen LogP contribution in [0.15, 0.2) is 24.3 Å². The summed E-state index contributed by atoms with van der Waals surface area (Å²) in [7, 11) is 2.19. The molecule has 2 rings (SSSR count). The normalized spacial score (nSPS) is 20.0. The minimum atomic E-state index is -0.0362. The van der Waals surface area contributed by atoms with Gasteiger partial charge in [0.05, 0.1) is 0 Å². The number of carbonyl (C=O) groups is 1. The second-order valence-corrected chi connectivity index (χ2v) is 5.41. The van der Waals surface area contributed by atoms with Crippen LogP contribution in [0.4, 0.5) is 11.4 Å². The zero-order chi connectivity index (χ0) is 13.7. The van der Waals surface area contributed by atoms with E-state index in [1.54, 1.807) is 0 Å². The Morgan fingerprint density at radius 3 is 2.63 bits per heavy atom. The molecule has 1 aromatic rings. The van der Waals surface area contributed by atoms with Crippen molar-refractivity contribution in [1.82, 2.24) is 4.90 Å². The lowest BCUT2D eigenvalue weighted by Gasteiger charge is -2.30. The molecule has 1 fully saturated rings. The standard InChI is InChI=1S/C15H23N3O/c1-12(19)17-15-7-5-14(6-8-15)16-10-13-4-3-9-18(2)11-13/h5-8,13,16H,3-4,9-11H2,1-2H3,(H,17,19). The third-order valence-corrected chi connectivity index (χ3v) is 3.52. The summed E-state index contributed by atoms with van der Waals surface area (Å²) >= 11 is 0. The molecule has 1 aromatic carbocycles. The first-order valence-corrected chi connectivity index (χ1v) is 6.93. The number of rotatable bonds is 4. The molecule has 1 amide bonds. The first kappa shape index (κ1) is 13.9. The average molecular weight is 261 g/mol. The van der Waals surface area contributed by atoms with Crippen molar-refractivity contribution in [2.24, 2.45) is 5.92 Å². The number of carbonyl (C=O) groups excluding carboxylic acids is 1. The van der Waals surface area contributed by atoms with Gasteiger partial charge in [0.1, 0.15) is 0 Å². The predicted octanol–water partition coefficient (Wildman–Crippen LogP) is 2.40. The molecule has 1 aliphatic rings. The third-order valence-electron chi connectivity index (χ3n) is 3.52. The molecular weight excluding hydrogens is 238 g/mol. The lowest BCUT2D eigenvalue weighted by Crippen LogP contribution is -2.35. The molecule has 1 atom stereocenters. The van der Waals surface area contributed by atoms with E-state index >= 15 is 0 Å². The molecule has 19 heavy (non-hydrogen) atoms. The van der Waals surface area contributed by atoms with Crippen molar-refractivity contribution in [3.05, 3.63) is 24.3 Å². The van der Waals surface area contributed by atoms with E-state index in [2.05, 4.69) is 22.6 Å². The number of likely N-dealkylation sites (tertiary alicyclic amines) is 1. The molecule has 104 valence electrons. The maximum Gasteiger partial charge on any atom is 0.221 e. The van der Waals surface area contributed by atoms with Gasteiger partial charge < -0.3 is 15.5 Å². The van der Waals surface area contributed by atoms with Crippen molar-refractivity contribution in [3.8, 4) is 0 Å². The summed E-state index contributed by atoms with van der Waals surface area (Å²) in [6.07, 6.45) is 2.60. The van der Waals surface area contributed by atoms with Crippen LogP contribution in [0.2, 0.25) is 0 Å². The number of benzene rings is 1. The fourth-order valence-corrected chi connectivity index (χ4v) is 2.58. The number of nitrogens with zero attached hydrogens (tertiary/aromatic N) is 1. The van der Waals surface area contributed by atoms with E-state index in [4.69, 9.17) is 0 Å². The highest BCUT2D eigenvalue weighted by Gasteiger charge is 2.16. The molecule has 1 heterocycles. The lowest BCUT2D eigenvalue weighted by atomic mass is 9.98. The van der Waals surface area contributed by atoms with Crippen molar-refractivity contribution in [1.29, 1.82) is 0 Å². The van der Waals surface area contributed by atoms with Crippen molar-refractivity contribution in [2.75, 3.05) is 37.3 Å². The van der Waals surface area contributed by atoms with E-state index < -0.39 is 0 Å². The SMILES string of the molecule is CC(=O)Nc1ccc(NCC2CCCN(C)C2)cc1. The van der Waals surface area contributed by atoms with Crippen LogP contribution >= 0.6 is 0 Å². The highest BCUT2D eigenvalue weighted by atomic mass is 16.1. The maximum atomic E-state index is 10.9. The van der Waals surface area contributed by atoms with Crippen LogP contribution < -0.4 is 10.6 Å². The van der Waals surface area contributed by atoms with Gasteiger partial charge in [0, 0.05) is 31.4 Å². The molecule has 0 radical (unpaired) electrons. The number of anilines is 2.